The summed E-state index contributed by atoms with van der Waals surface area (Å²) in [6.45, 7) is 0. The summed E-state index contributed by atoms with van der Waals surface area (Å²) in [7, 11) is 5.44. The molecule has 0 unspecified atom stereocenters. The lowest BCUT2D eigenvalue weighted by Crippen LogP contribution is -2.10. The van der Waals surface area contributed by atoms with Gasteiger partial charge in [-0.2, -0.15) is 0 Å². The number of Topliss-reactive ketones (excluding diaryl/α,β-unsaturated/α-hetero) is 2. The van der Waals surface area contributed by atoms with E-state index in [1.807, 2.05) is 25.1 Å². The maximum absolute atomic E-state index is 12.3. The first-order valence-corrected chi connectivity index (χ1v) is 8.44. The van der Waals surface area contributed by atoms with Gasteiger partial charge in [0.2, 0.25) is 11.6 Å². The van der Waals surface area contributed by atoms with E-state index in [2.05, 4.69) is 4.99 Å². The van der Waals surface area contributed by atoms with E-state index < -0.39 is 11.6 Å². The summed E-state index contributed by atoms with van der Waals surface area (Å²) in [5.41, 5.74) is 0.163. The summed E-state index contributed by atoms with van der Waals surface area (Å²) in [5, 5.41) is 12.2. The van der Waals surface area contributed by atoms with Gasteiger partial charge in [-0.3, -0.25) is 14.6 Å². The highest BCUT2D eigenvalue weighted by molar-refractivity contribution is 8.18. The first-order chi connectivity index (χ1) is 10.9. The van der Waals surface area contributed by atoms with Gasteiger partial charge in [-0.25, -0.2) is 0 Å². The molecule has 5 nitrogen and oxygen atoms in total. The molecule has 0 amide bonds. The number of ketones is 2. The zero-order valence-corrected chi connectivity index (χ0v) is 14.4. The van der Waals surface area contributed by atoms with Gasteiger partial charge in [-0.1, -0.05) is 11.8 Å². The molecule has 0 spiro atoms. The number of carbonyl (C=O) groups excluding carboxylic acids is 2. The van der Waals surface area contributed by atoms with E-state index in [9.17, 15) is 14.7 Å². The molecule has 0 saturated carbocycles. The third-order valence-corrected chi connectivity index (χ3v) is 5.83. The quantitative estimate of drug-likeness (QED) is 0.659. The van der Waals surface area contributed by atoms with Gasteiger partial charge in [0, 0.05) is 30.9 Å². The third-order valence-electron chi connectivity index (χ3n) is 3.47. The van der Waals surface area contributed by atoms with Gasteiger partial charge in [0.25, 0.3) is 0 Å². The van der Waals surface area contributed by atoms with Crippen LogP contribution in [-0.4, -0.2) is 42.9 Å². The van der Waals surface area contributed by atoms with Crippen molar-refractivity contribution in [3.05, 3.63) is 45.4 Å². The van der Waals surface area contributed by atoms with E-state index in [0.29, 0.717) is 9.78 Å². The molecule has 1 aliphatic carbocycles. The number of carbonyl (C=O) groups is 2. The molecule has 0 fully saturated rings. The molecule has 2 heterocycles. The van der Waals surface area contributed by atoms with Gasteiger partial charge < -0.3 is 10.0 Å². The molecule has 7 heteroatoms. The van der Waals surface area contributed by atoms with E-state index in [1.54, 1.807) is 25.3 Å². The fraction of sp³-hybridized carbons (Fsp3) is 0.188. The zero-order valence-electron chi connectivity index (χ0n) is 12.8. The number of thiophene rings is 1. The van der Waals surface area contributed by atoms with Crippen LogP contribution in [0.25, 0.3) is 5.57 Å². The minimum Gasteiger partial charge on any atom is -0.506 e. The zero-order chi connectivity index (χ0) is 16.7. The number of thioether (sulfide) groups is 1. The maximum Gasteiger partial charge on any atom is 0.238 e. The average molecular weight is 346 g/mol. The number of hydrogen-bond acceptors (Lipinski definition) is 7. The Labute approximate surface area is 141 Å². The number of nitrogens with zero attached hydrogens (tertiary/aromatic N) is 2. The predicted molar refractivity (Wildman–Crippen MR) is 95.3 cm³/mol. The lowest BCUT2D eigenvalue weighted by molar-refractivity contribution is -0.130. The number of allylic oxidation sites excluding steroid dienone is 3. The molecule has 3 rings (SSSR count). The van der Waals surface area contributed by atoms with Crippen molar-refractivity contribution in [1.82, 2.24) is 0 Å². The van der Waals surface area contributed by atoms with Gasteiger partial charge in [0.1, 0.15) is 5.76 Å². The Morgan fingerprint density at radius 1 is 1.09 bits per heavy atom. The molecule has 0 aromatic carbocycles. The molecule has 118 valence electrons. The van der Waals surface area contributed by atoms with Crippen molar-refractivity contribution in [2.24, 2.45) is 4.99 Å². The summed E-state index contributed by atoms with van der Waals surface area (Å²) in [5.74, 6) is -1.56. The second kappa shape index (κ2) is 5.82. The molecule has 0 saturated heterocycles. The Morgan fingerprint density at radius 3 is 2.35 bits per heavy atom. The summed E-state index contributed by atoms with van der Waals surface area (Å²) < 4.78 is 0. The van der Waals surface area contributed by atoms with Gasteiger partial charge in [-0.05, 0) is 24.3 Å². The molecular weight excluding hydrogens is 332 g/mol. The summed E-state index contributed by atoms with van der Waals surface area (Å²) in [6.07, 6.45) is 3.46. The number of aliphatic imine (C=N–C) groups is 1. The molecule has 1 N–H and O–H groups in total. The van der Waals surface area contributed by atoms with Crippen LogP contribution in [0.4, 0.5) is 5.00 Å². The fourth-order valence-corrected chi connectivity index (χ4v) is 4.16. The number of hydrogen-bond donors (Lipinski definition) is 1. The molecule has 1 aliphatic heterocycles. The Balaban J connectivity index is 2.10. The van der Waals surface area contributed by atoms with Crippen LogP contribution in [0.2, 0.25) is 0 Å². The monoisotopic (exact) mass is 346 g/mol. The molecular formula is C16H14N2O3S2. The molecule has 0 bridgehead atoms. The van der Waals surface area contributed by atoms with E-state index >= 15 is 0 Å². The van der Waals surface area contributed by atoms with Gasteiger partial charge in [0.05, 0.1) is 21.2 Å². The maximum atomic E-state index is 12.3. The molecule has 1 aromatic rings. The lowest BCUT2D eigenvalue weighted by Gasteiger charge is -2.07. The average Bonchev–Trinajstić information content (AvgIpc) is 3.20. The lowest BCUT2D eigenvalue weighted by atomic mass is 10.1. The van der Waals surface area contributed by atoms with Gasteiger partial charge in [0.15, 0.2) is 0 Å². The Bertz CT molecular complexity index is 841. The Morgan fingerprint density at radius 2 is 1.78 bits per heavy atom. The van der Waals surface area contributed by atoms with Crippen LogP contribution in [-0.2, 0) is 9.59 Å². The number of rotatable bonds is 2. The molecule has 2 aliphatic rings. The van der Waals surface area contributed by atoms with Crippen molar-refractivity contribution in [3.63, 3.8) is 0 Å². The van der Waals surface area contributed by atoms with Crippen molar-refractivity contribution in [1.29, 1.82) is 0 Å². The highest BCUT2D eigenvalue weighted by Crippen LogP contribution is 2.41. The van der Waals surface area contributed by atoms with E-state index in [1.165, 1.54) is 23.1 Å². The predicted octanol–water partition coefficient (Wildman–Crippen LogP) is 2.82. The van der Waals surface area contributed by atoms with Crippen molar-refractivity contribution in [2.45, 2.75) is 0 Å². The smallest absolute Gasteiger partial charge is 0.238 e. The Hall–Kier alpha value is -2.12. The SMILES string of the molecule is CN=C1C=C/C(=C2\C(=O)C(=O)C(c3ccc(N(C)C)s3)=C2O)S1. The first-order valence-electron chi connectivity index (χ1n) is 6.81. The van der Waals surface area contributed by atoms with Crippen molar-refractivity contribution < 1.29 is 14.7 Å². The molecule has 1 aromatic heterocycles. The van der Waals surface area contributed by atoms with Crippen LogP contribution >= 0.6 is 23.1 Å². The normalized spacial score (nSPS) is 22.8. The fourth-order valence-electron chi connectivity index (χ4n) is 2.31. The summed E-state index contributed by atoms with van der Waals surface area (Å²) in [4.78, 5) is 31.8. The first kappa shape index (κ1) is 15.8. The topological polar surface area (TPSA) is 70.0 Å². The second-order valence-electron chi connectivity index (χ2n) is 5.15. The summed E-state index contributed by atoms with van der Waals surface area (Å²) in [6, 6.07) is 3.61. The van der Waals surface area contributed by atoms with Gasteiger partial charge >= 0.3 is 0 Å². The number of aliphatic hydroxyl groups is 1. The van der Waals surface area contributed by atoms with Crippen molar-refractivity contribution >= 4 is 50.3 Å². The van der Waals surface area contributed by atoms with Crippen LogP contribution in [0.5, 0.6) is 0 Å². The van der Waals surface area contributed by atoms with Crippen LogP contribution in [0.15, 0.2) is 45.5 Å². The van der Waals surface area contributed by atoms with E-state index in [-0.39, 0.29) is 16.9 Å². The molecule has 0 atom stereocenters. The van der Waals surface area contributed by atoms with Gasteiger partial charge in [-0.15, -0.1) is 11.3 Å². The largest absolute Gasteiger partial charge is 0.506 e. The van der Waals surface area contributed by atoms with Crippen molar-refractivity contribution in [2.75, 3.05) is 26.0 Å². The third kappa shape index (κ3) is 2.55. The summed E-state index contributed by atoms with van der Waals surface area (Å²) >= 11 is 2.63. The highest BCUT2D eigenvalue weighted by Gasteiger charge is 2.40. The standard InChI is InChI=1S/C16H14N2O3S2/c1-17-10-6-4-8(22-10)12-14(19)13(16(21)15(12)20)9-5-7-11(23-9)18(2)3/h4-7,19H,1-3H3/b12-8+,17-10?. The number of aliphatic hydroxyl groups excluding tert-OH is 1. The van der Waals surface area contributed by atoms with Crippen LogP contribution in [0.1, 0.15) is 4.88 Å². The Kier molecular flexibility index (Phi) is 3.99. The van der Waals surface area contributed by atoms with Crippen molar-refractivity contribution in [3.8, 4) is 0 Å². The molecule has 23 heavy (non-hydrogen) atoms. The second-order valence-corrected chi connectivity index (χ2v) is 7.28. The van der Waals surface area contributed by atoms with Crippen LogP contribution in [0.3, 0.4) is 0 Å². The number of anilines is 1. The molecule has 0 radical (unpaired) electrons. The van der Waals surface area contributed by atoms with E-state index in [0.717, 1.165) is 10.0 Å². The minimum absolute atomic E-state index is 0.0738. The van der Waals surface area contributed by atoms with Crippen LogP contribution in [0, 0.1) is 0 Å². The van der Waals surface area contributed by atoms with Crippen LogP contribution < -0.4 is 4.90 Å². The highest BCUT2D eigenvalue weighted by atomic mass is 32.2. The van der Waals surface area contributed by atoms with E-state index in [4.69, 9.17) is 0 Å². The minimum atomic E-state index is -0.665.